The summed E-state index contributed by atoms with van der Waals surface area (Å²) in [5.74, 6) is 1.15. The highest BCUT2D eigenvalue weighted by Crippen LogP contribution is 2.34. The van der Waals surface area contributed by atoms with E-state index in [0.717, 1.165) is 31.4 Å². The van der Waals surface area contributed by atoms with E-state index in [1.165, 1.54) is 12.7 Å². The molecule has 0 bridgehead atoms. The smallest absolute Gasteiger partial charge is 0.167 e. The Labute approximate surface area is 157 Å². The van der Waals surface area contributed by atoms with Crippen molar-refractivity contribution in [3.63, 3.8) is 0 Å². The van der Waals surface area contributed by atoms with E-state index < -0.39 is 24.5 Å². The third-order valence-electron chi connectivity index (χ3n) is 4.52. The molecule has 2 aromatic heterocycles. The first-order chi connectivity index (χ1) is 12.7. The van der Waals surface area contributed by atoms with Gasteiger partial charge in [-0.05, 0) is 18.6 Å². The number of aliphatic hydroxyl groups is 2. The van der Waals surface area contributed by atoms with Gasteiger partial charge in [-0.15, -0.1) is 0 Å². The molecule has 3 rings (SSSR count). The van der Waals surface area contributed by atoms with E-state index in [0.29, 0.717) is 17.8 Å². The van der Waals surface area contributed by atoms with E-state index in [1.54, 1.807) is 4.57 Å². The van der Waals surface area contributed by atoms with Gasteiger partial charge in [0.1, 0.15) is 30.2 Å². The maximum Gasteiger partial charge on any atom is 0.167 e. The number of nitrogen functional groups attached to an aromatic ring is 1. The maximum absolute atomic E-state index is 10.5. The minimum Gasteiger partial charge on any atom is -0.394 e. The minimum absolute atomic E-state index is 0.271. The molecule has 1 saturated heterocycles. The molecule has 144 valence electrons. The van der Waals surface area contributed by atoms with Gasteiger partial charge in [-0.3, -0.25) is 4.57 Å². The number of imidazole rings is 1. The van der Waals surface area contributed by atoms with E-state index in [1.807, 2.05) is 0 Å². The summed E-state index contributed by atoms with van der Waals surface area (Å²) in [5.41, 5.74) is 6.79. The van der Waals surface area contributed by atoms with E-state index in [2.05, 4.69) is 27.6 Å². The Morgan fingerprint density at radius 1 is 1.23 bits per heavy atom. The quantitative estimate of drug-likeness (QED) is 0.365. The van der Waals surface area contributed by atoms with Crippen LogP contribution >= 0.6 is 12.6 Å². The molecule has 9 nitrogen and oxygen atoms in total. The van der Waals surface area contributed by atoms with Crippen LogP contribution in [0.2, 0.25) is 0 Å². The average Bonchev–Trinajstić information content (AvgIpc) is 3.20. The molecule has 0 radical (unpaired) electrons. The van der Waals surface area contributed by atoms with Gasteiger partial charge in [-0.25, -0.2) is 15.0 Å². The van der Waals surface area contributed by atoms with Gasteiger partial charge in [0.2, 0.25) is 0 Å². The van der Waals surface area contributed by atoms with Crippen LogP contribution in [0.25, 0.3) is 11.2 Å². The Hall–Kier alpha value is -1.46. The maximum atomic E-state index is 10.5. The summed E-state index contributed by atoms with van der Waals surface area (Å²) >= 11 is 4.20. The highest BCUT2D eigenvalue weighted by molar-refractivity contribution is 7.80. The van der Waals surface area contributed by atoms with Crippen molar-refractivity contribution in [2.24, 2.45) is 0 Å². The monoisotopic (exact) mass is 383 g/mol. The molecule has 2 unspecified atom stereocenters. The molecule has 4 atom stereocenters. The zero-order chi connectivity index (χ0) is 18.5. The topological polar surface area (TPSA) is 129 Å². The second kappa shape index (κ2) is 8.96. The summed E-state index contributed by atoms with van der Waals surface area (Å²) in [6, 6.07) is 0. The van der Waals surface area contributed by atoms with Gasteiger partial charge in [-0.2, -0.15) is 12.6 Å². The molecule has 1 fully saturated rings. The van der Waals surface area contributed by atoms with Crippen molar-refractivity contribution in [1.82, 2.24) is 19.5 Å². The van der Waals surface area contributed by atoms with Crippen LogP contribution in [0, 0.1) is 0 Å². The molecule has 0 aromatic carbocycles. The molecule has 0 spiro atoms. The van der Waals surface area contributed by atoms with Crippen molar-refractivity contribution in [3.05, 3.63) is 12.7 Å². The summed E-state index contributed by atoms with van der Waals surface area (Å²) in [5, 5.41) is 20.0. The van der Waals surface area contributed by atoms with Gasteiger partial charge < -0.3 is 25.4 Å². The van der Waals surface area contributed by atoms with Gasteiger partial charge in [0.15, 0.2) is 17.7 Å². The minimum atomic E-state index is -0.945. The molecule has 0 saturated carbocycles. The molecule has 1 aliphatic rings. The van der Waals surface area contributed by atoms with Crippen LogP contribution in [0.1, 0.15) is 31.9 Å². The SMILES string of the molecule is Nc1ncnc2c1ncn2[C@@H]1O[C@H](CO)C(O)C1OCCCCCCS. The van der Waals surface area contributed by atoms with Crippen molar-refractivity contribution < 1.29 is 19.7 Å². The number of aliphatic hydroxyl groups excluding tert-OH is 2. The molecule has 2 aromatic rings. The number of rotatable bonds is 9. The van der Waals surface area contributed by atoms with Gasteiger partial charge in [-0.1, -0.05) is 12.8 Å². The van der Waals surface area contributed by atoms with Crippen LogP contribution in [-0.2, 0) is 9.47 Å². The molecule has 0 aliphatic carbocycles. The normalized spacial score (nSPS) is 26.0. The lowest BCUT2D eigenvalue weighted by Gasteiger charge is -2.22. The van der Waals surface area contributed by atoms with E-state index in [9.17, 15) is 10.2 Å². The predicted octanol–water partition coefficient (Wildman–Crippen LogP) is 0.534. The Bertz CT molecular complexity index is 715. The molecular formula is C16H25N5O4S. The third-order valence-corrected chi connectivity index (χ3v) is 4.83. The molecule has 4 N–H and O–H groups in total. The first-order valence-corrected chi connectivity index (χ1v) is 9.40. The van der Waals surface area contributed by atoms with Crippen molar-refractivity contribution in [3.8, 4) is 0 Å². The Morgan fingerprint density at radius 2 is 2.04 bits per heavy atom. The van der Waals surface area contributed by atoms with E-state index >= 15 is 0 Å². The first-order valence-electron chi connectivity index (χ1n) is 8.77. The van der Waals surface area contributed by atoms with Crippen LogP contribution in [0.15, 0.2) is 12.7 Å². The number of anilines is 1. The Kier molecular flexibility index (Phi) is 6.65. The zero-order valence-electron chi connectivity index (χ0n) is 14.4. The van der Waals surface area contributed by atoms with Crippen molar-refractivity contribution in [2.75, 3.05) is 24.7 Å². The van der Waals surface area contributed by atoms with Crippen molar-refractivity contribution in [2.45, 2.75) is 50.2 Å². The van der Waals surface area contributed by atoms with Crippen molar-refractivity contribution in [1.29, 1.82) is 0 Å². The predicted molar refractivity (Wildman–Crippen MR) is 98.8 cm³/mol. The molecule has 1 aliphatic heterocycles. The fourth-order valence-electron chi connectivity index (χ4n) is 3.12. The van der Waals surface area contributed by atoms with E-state index in [-0.39, 0.29) is 12.4 Å². The summed E-state index contributed by atoms with van der Waals surface area (Å²) < 4.78 is 13.4. The number of nitrogens with zero attached hydrogens (tertiary/aromatic N) is 4. The number of aromatic nitrogens is 4. The van der Waals surface area contributed by atoms with Crippen LogP contribution in [0.3, 0.4) is 0 Å². The zero-order valence-corrected chi connectivity index (χ0v) is 15.3. The molecule has 10 heteroatoms. The number of fused-ring (bicyclic) bond motifs is 1. The van der Waals surface area contributed by atoms with Crippen molar-refractivity contribution >= 4 is 29.6 Å². The average molecular weight is 383 g/mol. The molecule has 26 heavy (non-hydrogen) atoms. The van der Waals surface area contributed by atoms with Gasteiger partial charge in [0.25, 0.3) is 0 Å². The van der Waals surface area contributed by atoms with Crippen LogP contribution in [0.5, 0.6) is 0 Å². The fourth-order valence-corrected chi connectivity index (χ4v) is 3.34. The second-order valence-corrected chi connectivity index (χ2v) is 6.74. The largest absolute Gasteiger partial charge is 0.394 e. The lowest BCUT2D eigenvalue weighted by atomic mass is 10.1. The number of thiol groups is 1. The summed E-state index contributed by atoms with van der Waals surface area (Å²) in [6.45, 7) is 0.194. The number of unbranched alkanes of at least 4 members (excludes halogenated alkanes) is 3. The van der Waals surface area contributed by atoms with Gasteiger partial charge in [0.05, 0.1) is 12.9 Å². The molecule has 0 amide bonds. The number of hydrogen-bond acceptors (Lipinski definition) is 9. The summed E-state index contributed by atoms with van der Waals surface area (Å²) in [4.78, 5) is 12.4. The summed E-state index contributed by atoms with van der Waals surface area (Å²) in [6.07, 6.45) is 4.02. The first kappa shape index (κ1) is 19.3. The Balaban J connectivity index is 1.73. The highest BCUT2D eigenvalue weighted by atomic mass is 32.1. The van der Waals surface area contributed by atoms with Crippen LogP contribution in [-0.4, -0.2) is 67.0 Å². The number of nitrogens with two attached hydrogens (primary N) is 1. The Morgan fingerprint density at radius 3 is 2.81 bits per heavy atom. The van der Waals surface area contributed by atoms with Gasteiger partial charge in [0, 0.05) is 6.61 Å². The summed E-state index contributed by atoms with van der Waals surface area (Å²) in [7, 11) is 0. The molecular weight excluding hydrogens is 358 g/mol. The lowest BCUT2D eigenvalue weighted by molar-refractivity contribution is -0.0711. The standard InChI is InChI=1S/C16H25N5O4S/c17-14-11-15(19-8-18-14)21(9-20-11)16-13(12(23)10(7-22)25-16)24-5-3-1-2-4-6-26/h8-10,12-13,16,22-23,26H,1-7H2,(H2,17,18,19)/t10-,12?,13?,16-/m1/s1. The number of hydrogen-bond donors (Lipinski definition) is 4. The van der Waals surface area contributed by atoms with Crippen LogP contribution in [0.4, 0.5) is 5.82 Å². The van der Waals surface area contributed by atoms with Crippen LogP contribution < -0.4 is 5.73 Å². The van der Waals surface area contributed by atoms with Gasteiger partial charge >= 0.3 is 0 Å². The van der Waals surface area contributed by atoms with E-state index in [4.69, 9.17) is 15.2 Å². The third kappa shape index (κ3) is 3.94. The lowest BCUT2D eigenvalue weighted by Crippen LogP contribution is -2.35. The fraction of sp³-hybridized carbons (Fsp3) is 0.688. The molecule has 3 heterocycles. The second-order valence-electron chi connectivity index (χ2n) is 6.29. The highest BCUT2D eigenvalue weighted by Gasteiger charge is 2.45. The number of ether oxygens (including phenoxy) is 2.